The number of carbonyl (C=O) groups is 1. The molecule has 2 fully saturated rings. The van der Waals surface area contributed by atoms with E-state index in [4.69, 9.17) is 0 Å². The zero-order chi connectivity index (χ0) is 15.5. The Morgan fingerprint density at radius 2 is 1.91 bits per heavy atom. The van der Waals surface area contributed by atoms with Gasteiger partial charge in [-0.3, -0.25) is 14.9 Å². The van der Waals surface area contributed by atoms with Gasteiger partial charge >= 0.3 is 0 Å². The molecule has 0 radical (unpaired) electrons. The Kier molecular flexibility index (Phi) is 4.52. The van der Waals surface area contributed by atoms with Crippen LogP contribution in [0.4, 0.5) is 5.69 Å². The van der Waals surface area contributed by atoms with Crippen molar-refractivity contribution < 1.29 is 9.72 Å². The summed E-state index contributed by atoms with van der Waals surface area (Å²) in [5.74, 6) is 1.80. The van der Waals surface area contributed by atoms with Crippen molar-refractivity contribution in [3.8, 4) is 0 Å². The van der Waals surface area contributed by atoms with E-state index in [-0.39, 0.29) is 11.5 Å². The molecular formula is C17H22N2O3. The number of benzene rings is 1. The number of Topliss-reactive ketones (excluding diaryl/α,β-unsaturated/α-hetero) is 1. The van der Waals surface area contributed by atoms with Crippen LogP contribution in [0.1, 0.15) is 42.5 Å². The Labute approximate surface area is 130 Å². The molecule has 1 aromatic rings. The number of carbonyl (C=O) groups excluding carboxylic acids is 1. The zero-order valence-corrected chi connectivity index (χ0v) is 12.7. The number of nitro groups is 1. The topological polar surface area (TPSA) is 63.5 Å². The summed E-state index contributed by atoms with van der Waals surface area (Å²) in [6.45, 7) is 3.04. The number of nitrogens with zero attached hydrogens (tertiary/aromatic N) is 2. The van der Waals surface area contributed by atoms with Gasteiger partial charge in [0, 0.05) is 37.2 Å². The molecule has 5 nitrogen and oxygen atoms in total. The van der Waals surface area contributed by atoms with E-state index in [0.717, 1.165) is 31.5 Å². The van der Waals surface area contributed by atoms with E-state index < -0.39 is 4.92 Å². The summed E-state index contributed by atoms with van der Waals surface area (Å²) in [5, 5.41) is 10.6. The largest absolute Gasteiger partial charge is 0.303 e. The average Bonchev–Trinajstić information content (AvgIpc) is 2.85. The molecule has 1 aromatic carbocycles. The number of hydrogen-bond donors (Lipinski definition) is 0. The molecule has 0 amide bonds. The minimum Gasteiger partial charge on any atom is -0.303 e. The lowest BCUT2D eigenvalue weighted by Crippen LogP contribution is -2.31. The van der Waals surface area contributed by atoms with Crippen LogP contribution in [0.5, 0.6) is 0 Å². The van der Waals surface area contributed by atoms with Gasteiger partial charge in [-0.05, 0) is 49.8 Å². The molecule has 1 saturated heterocycles. The minimum atomic E-state index is -0.444. The van der Waals surface area contributed by atoms with Gasteiger partial charge < -0.3 is 4.90 Å². The van der Waals surface area contributed by atoms with Crippen LogP contribution in [0.15, 0.2) is 24.3 Å². The van der Waals surface area contributed by atoms with E-state index in [1.807, 2.05) is 0 Å². The van der Waals surface area contributed by atoms with Crippen LogP contribution in [0.25, 0.3) is 0 Å². The zero-order valence-electron chi connectivity index (χ0n) is 12.7. The maximum Gasteiger partial charge on any atom is 0.269 e. The number of non-ortho nitro benzene ring substituents is 1. The summed E-state index contributed by atoms with van der Waals surface area (Å²) in [5.41, 5.74) is 0.599. The Bertz CT molecular complexity index is 556. The normalized spacial score (nSPS) is 24.9. The van der Waals surface area contributed by atoms with Gasteiger partial charge in [-0.1, -0.05) is 6.42 Å². The minimum absolute atomic E-state index is 0.0279. The predicted molar refractivity (Wildman–Crippen MR) is 83.9 cm³/mol. The Balaban J connectivity index is 1.52. The highest BCUT2D eigenvalue weighted by Crippen LogP contribution is 2.36. The van der Waals surface area contributed by atoms with Crippen LogP contribution >= 0.6 is 0 Å². The van der Waals surface area contributed by atoms with Crippen LogP contribution in [-0.2, 0) is 0 Å². The van der Waals surface area contributed by atoms with Crippen molar-refractivity contribution in [1.82, 2.24) is 4.90 Å². The fourth-order valence-electron chi connectivity index (χ4n) is 3.80. The SMILES string of the molecule is O=C(CCN1CC[C@H]2CC[C@@H](C2)C1)c1ccc([N+](=O)[O-])cc1. The summed E-state index contributed by atoms with van der Waals surface area (Å²) < 4.78 is 0. The third-order valence-corrected chi connectivity index (χ3v) is 5.07. The molecule has 2 atom stereocenters. The van der Waals surface area contributed by atoms with E-state index in [1.54, 1.807) is 12.1 Å². The number of ketones is 1. The first-order valence-electron chi connectivity index (χ1n) is 8.12. The van der Waals surface area contributed by atoms with Gasteiger partial charge in [0.15, 0.2) is 5.78 Å². The summed E-state index contributed by atoms with van der Waals surface area (Å²) in [4.78, 5) is 24.8. The average molecular weight is 302 g/mol. The number of likely N-dealkylation sites (tertiary alicyclic amines) is 1. The molecule has 22 heavy (non-hydrogen) atoms. The number of nitro benzene ring substituents is 1. The second-order valence-corrected chi connectivity index (χ2v) is 6.61. The molecule has 0 spiro atoms. The first-order valence-corrected chi connectivity index (χ1v) is 8.12. The summed E-state index contributed by atoms with van der Waals surface area (Å²) in [7, 11) is 0. The molecule has 1 aliphatic carbocycles. The second-order valence-electron chi connectivity index (χ2n) is 6.61. The molecule has 1 saturated carbocycles. The third kappa shape index (κ3) is 3.53. The molecule has 118 valence electrons. The molecule has 2 aliphatic rings. The van der Waals surface area contributed by atoms with E-state index in [1.165, 1.54) is 37.8 Å². The first kappa shape index (κ1) is 15.2. The molecule has 0 aromatic heterocycles. The van der Waals surface area contributed by atoms with Crippen molar-refractivity contribution in [3.05, 3.63) is 39.9 Å². The van der Waals surface area contributed by atoms with Crippen molar-refractivity contribution >= 4 is 11.5 Å². The Morgan fingerprint density at radius 1 is 1.18 bits per heavy atom. The lowest BCUT2D eigenvalue weighted by Gasteiger charge is -2.24. The van der Waals surface area contributed by atoms with Crippen molar-refractivity contribution in [2.75, 3.05) is 19.6 Å². The van der Waals surface area contributed by atoms with Crippen molar-refractivity contribution in [2.45, 2.75) is 32.1 Å². The number of rotatable bonds is 5. The smallest absolute Gasteiger partial charge is 0.269 e. The Hall–Kier alpha value is -1.75. The van der Waals surface area contributed by atoms with Gasteiger partial charge in [0.2, 0.25) is 0 Å². The fourth-order valence-corrected chi connectivity index (χ4v) is 3.80. The van der Waals surface area contributed by atoms with Gasteiger partial charge in [0.05, 0.1) is 4.92 Å². The standard InChI is InChI=1S/C17H22N2O3/c20-17(15-3-5-16(6-4-15)19(21)22)8-10-18-9-7-13-1-2-14(11-13)12-18/h3-6,13-14H,1-2,7-12H2/t13-,14+/m1/s1. The Morgan fingerprint density at radius 3 is 2.64 bits per heavy atom. The quantitative estimate of drug-likeness (QED) is 0.475. The molecule has 3 rings (SSSR count). The van der Waals surface area contributed by atoms with E-state index >= 15 is 0 Å². The van der Waals surface area contributed by atoms with Crippen LogP contribution in [0.2, 0.25) is 0 Å². The third-order valence-electron chi connectivity index (χ3n) is 5.07. The fraction of sp³-hybridized carbons (Fsp3) is 0.588. The molecule has 1 aliphatic heterocycles. The molecule has 0 unspecified atom stereocenters. The molecule has 2 bridgehead atoms. The number of fused-ring (bicyclic) bond motifs is 2. The predicted octanol–water partition coefficient (Wildman–Crippen LogP) is 3.29. The van der Waals surface area contributed by atoms with Crippen molar-refractivity contribution in [1.29, 1.82) is 0 Å². The highest BCUT2D eigenvalue weighted by Gasteiger charge is 2.29. The molecular weight excluding hydrogens is 280 g/mol. The lowest BCUT2D eigenvalue weighted by atomic mass is 10.0. The number of hydrogen-bond acceptors (Lipinski definition) is 4. The van der Waals surface area contributed by atoms with Crippen LogP contribution in [-0.4, -0.2) is 35.2 Å². The van der Waals surface area contributed by atoms with Crippen molar-refractivity contribution in [3.63, 3.8) is 0 Å². The van der Waals surface area contributed by atoms with Gasteiger partial charge in [-0.25, -0.2) is 0 Å². The highest BCUT2D eigenvalue weighted by atomic mass is 16.6. The van der Waals surface area contributed by atoms with E-state index in [0.29, 0.717) is 12.0 Å². The summed E-state index contributed by atoms with van der Waals surface area (Å²) in [6.07, 6.45) is 5.86. The highest BCUT2D eigenvalue weighted by molar-refractivity contribution is 5.96. The van der Waals surface area contributed by atoms with Gasteiger partial charge in [0.1, 0.15) is 0 Å². The summed E-state index contributed by atoms with van der Waals surface area (Å²) in [6, 6.07) is 5.92. The molecule has 0 N–H and O–H groups in total. The second kappa shape index (κ2) is 6.57. The maximum atomic E-state index is 12.2. The van der Waals surface area contributed by atoms with Crippen molar-refractivity contribution in [2.24, 2.45) is 11.8 Å². The van der Waals surface area contributed by atoms with E-state index in [9.17, 15) is 14.9 Å². The lowest BCUT2D eigenvalue weighted by molar-refractivity contribution is -0.384. The summed E-state index contributed by atoms with van der Waals surface area (Å²) >= 11 is 0. The molecule has 5 heteroatoms. The van der Waals surface area contributed by atoms with Gasteiger partial charge in [-0.15, -0.1) is 0 Å². The van der Waals surface area contributed by atoms with Gasteiger partial charge in [-0.2, -0.15) is 0 Å². The van der Waals surface area contributed by atoms with Crippen LogP contribution in [0, 0.1) is 22.0 Å². The van der Waals surface area contributed by atoms with Crippen LogP contribution in [0.3, 0.4) is 0 Å². The molecule has 1 heterocycles. The van der Waals surface area contributed by atoms with E-state index in [2.05, 4.69) is 4.90 Å². The monoisotopic (exact) mass is 302 g/mol. The van der Waals surface area contributed by atoms with Crippen LogP contribution < -0.4 is 0 Å². The van der Waals surface area contributed by atoms with Gasteiger partial charge in [0.25, 0.3) is 5.69 Å². The first-order chi connectivity index (χ1) is 10.6. The maximum absolute atomic E-state index is 12.2.